The number of likely N-dealkylation sites (tertiary alicyclic amines) is 1. The van der Waals surface area contributed by atoms with Crippen molar-refractivity contribution >= 4 is 108 Å². The minimum absolute atomic E-state index is 0.0557. The summed E-state index contributed by atoms with van der Waals surface area (Å²) < 4.78 is 1.87. The number of nitrogens with one attached hydrogen (secondary N) is 6. The highest BCUT2D eigenvalue weighted by molar-refractivity contribution is 7.98. The minimum Gasteiger partial charge on any atom is -0.350 e. The number of benzene rings is 3. The Morgan fingerprint density at radius 3 is 2.11 bits per heavy atom. The van der Waals surface area contributed by atoms with E-state index in [1.807, 2.05) is 66.3 Å². The summed E-state index contributed by atoms with van der Waals surface area (Å²) in [6.45, 7) is 6.17. The van der Waals surface area contributed by atoms with Crippen molar-refractivity contribution in [3.05, 3.63) is 101 Å². The van der Waals surface area contributed by atoms with Gasteiger partial charge in [0.25, 0.3) is 0 Å². The smallest absolute Gasteiger partial charge is 0.246 e. The van der Waals surface area contributed by atoms with Crippen LogP contribution in [0.3, 0.4) is 0 Å². The molecule has 3 aromatic carbocycles. The number of rotatable bonds is 35. The molecular formula is C61H86N11O10PS2. The van der Waals surface area contributed by atoms with E-state index in [1.54, 1.807) is 42.6 Å². The van der Waals surface area contributed by atoms with Gasteiger partial charge in [-0.25, -0.2) is 0 Å². The molecule has 1 aromatic heterocycles. The molecule has 24 heteroatoms. The van der Waals surface area contributed by atoms with Crippen LogP contribution in [0, 0.1) is 5.41 Å². The quantitative estimate of drug-likeness (QED) is 0.0186. The van der Waals surface area contributed by atoms with Crippen LogP contribution in [-0.2, 0) is 79.3 Å². The van der Waals surface area contributed by atoms with Crippen molar-refractivity contribution in [1.29, 1.82) is 0 Å². The van der Waals surface area contributed by atoms with Gasteiger partial charge in [0.2, 0.25) is 47.3 Å². The van der Waals surface area contributed by atoms with Gasteiger partial charge in [-0.05, 0) is 85.3 Å². The van der Waals surface area contributed by atoms with Gasteiger partial charge in [0.1, 0.15) is 36.5 Å². The number of aromatic nitrogens is 1. The van der Waals surface area contributed by atoms with Gasteiger partial charge in [-0.1, -0.05) is 81.4 Å². The molecule has 10 N–H and O–H groups in total. The van der Waals surface area contributed by atoms with Gasteiger partial charge in [-0.2, -0.15) is 23.5 Å². The Labute approximate surface area is 509 Å². The first-order valence-electron chi connectivity index (χ1n) is 28.9. The molecule has 7 atom stereocenters. The molecule has 0 bridgehead atoms. The number of aldehydes is 1. The lowest BCUT2D eigenvalue weighted by Gasteiger charge is -2.33. The van der Waals surface area contributed by atoms with Gasteiger partial charge in [0.15, 0.2) is 5.78 Å². The number of Topliss-reactive ketones (excluding diaryl/α,β-unsaturated/α-hetero) is 1. The summed E-state index contributed by atoms with van der Waals surface area (Å²) in [7, 11) is 5.78. The highest BCUT2D eigenvalue weighted by atomic mass is 32.2. The summed E-state index contributed by atoms with van der Waals surface area (Å²) in [5.74, 6) is -2.39. The maximum absolute atomic E-state index is 14.4. The summed E-state index contributed by atoms with van der Waals surface area (Å²) in [5, 5.41) is 17.9. The summed E-state index contributed by atoms with van der Waals surface area (Å²) in [4.78, 5) is 139. The molecule has 5 rings (SSSR count). The molecule has 21 nitrogen and oxygen atoms in total. The van der Waals surface area contributed by atoms with Crippen LogP contribution < -0.4 is 48.7 Å². The molecule has 0 spiro atoms. The number of aryl methyl sites for hydroxylation is 1. The number of amides is 8. The SMILES string of the molecule is CCC(=O)C1CCCN1C(=O)[C@H](Cc1ccccc1)NC(=O)CN(C)C(=O)[C@@H](NC(=O)[C@H](C)NC(=O)[C@H](Cc1cn(C)c2ccc(P)cc12)NC(=O)CNC(=O)[C@H](CCCCN)NC(=O)CCSCc1cccc(CSCCN)c1)C(C)(C)C=O. The van der Waals surface area contributed by atoms with Crippen molar-refractivity contribution in [2.75, 3.05) is 51.3 Å². The first-order valence-corrected chi connectivity index (χ1v) is 31.8. The van der Waals surface area contributed by atoms with Gasteiger partial charge in [0, 0.05) is 98.4 Å². The monoisotopic (exact) mass is 1230 g/mol. The maximum Gasteiger partial charge on any atom is 0.246 e. The van der Waals surface area contributed by atoms with Crippen LogP contribution in [0.25, 0.3) is 10.9 Å². The predicted molar refractivity (Wildman–Crippen MR) is 337 cm³/mol. The predicted octanol–water partition coefficient (Wildman–Crippen LogP) is 2.32. The third-order valence-corrected chi connectivity index (χ3v) is 17.2. The largest absolute Gasteiger partial charge is 0.350 e. The molecule has 1 saturated heterocycles. The number of fused-ring (bicyclic) bond motifs is 1. The fraction of sp³-hybridized carbons (Fsp3) is 0.508. The van der Waals surface area contributed by atoms with Gasteiger partial charge in [0.05, 0.1) is 19.1 Å². The second-order valence-electron chi connectivity index (χ2n) is 22.1. The van der Waals surface area contributed by atoms with Crippen molar-refractivity contribution < 1.29 is 47.9 Å². The summed E-state index contributed by atoms with van der Waals surface area (Å²) in [5.41, 5.74) is 14.5. The van der Waals surface area contributed by atoms with Crippen LogP contribution in [0.4, 0.5) is 0 Å². The van der Waals surface area contributed by atoms with E-state index in [0.29, 0.717) is 68.7 Å². The zero-order valence-corrected chi connectivity index (χ0v) is 52.5. The van der Waals surface area contributed by atoms with Crippen molar-refractivity contribution in [3.8, 4) is 0 Å². The second kappa shape index (κ2) is 34.5. The van der Waals surface area contributed by atoms with E-state index in [1.165, 1.54) is 38.3 Å². The number of ketones is 1. The Morgan fingerprint density at radius 2 is 1.44 bits per heavy atom. The lowest BCUT2D eigenvalue weighted by atomic mass is 9.85. The normalized spacial score (nSPS) is 14.9. The third-order valence-electron chi connectivity index (χ3n) is 14.7. The number of likely N-dealkylation sites (N-methyl/N-ethyl adjacent to an activating group) is 1. The van der Waals surface area contributed by atoms with Crippen molar-refractivity contribution in [3.63, 3.8) is 0 Å². The molecular weight excluding hydrogens is 1140 g/mol. The Kier molecular flexibility index (Phi) is 28.0. The molecule has 0 aliphatic carbocycles. The molecule has 0 radical (unpaired) electrons. The van der Waals surface area contributed by atoms with Gasteiger partial charge in [-0.15, -0.1) is 9.24 Å². The lowest BCUT2D eigenvalue weighted by molar-refractivity contribution is -0.144. The van der Waals surface area contributed by atoms with Crippen LogP contribution in [0.2, 0.25) is 0 Å². The third kappa shape index (κ3) is 21.4. The Balaban J connectivity index is 1.24. The highest BCUT2D eigenvalue weighted by Gasteiger charge is 2.41. The molecule has 0 saturated carbocycles. The first kappa shape index (κ1) is 69.1. The minimum atomic E-state index is -1.55. The number of carbonyl (C=O) groups excluding carboxylic acids is 10. The van der Waals surface area contributed by atoms with E-state index >= 15 is 0 Å². The van der Waals surface area contributed by atoms with E-state index in [4.69, 9.17) is 11.5 Å². The van der Waals surface area contributed by atoms with Crippen LogP contribution in [0.15, 0.2) is 79.0 Å². The van der Waals surface area contributed by atoms with Gasteiger partial charge >= 0.3 is 0 Å². The Hall–Kier alpha value is -6.65. The molecule has 85 heavy (non-hydrogen) atoms. The van der Waals surface area contributed by atoms with E-state index in [2.05, 4.69) is 53.3 Å². The average Bonchev–Trinajstić information content (AvgIpc) is 2.90. The van der Waals surface area contributed by atoms with Crippen LogP contribution in [0.5, 0.6) is 0 Å². The molecule has 1 aliphatic rings. The number of nitrogens with zero attached hydrogens (tertiary/aromatic N) is 3. The van der Waals surface area contributed by atoms with E-state index < -0.39 is 96.1 Å². The summed E-state index contributed by atoms with van der Waals surface area (Å²) in [6.07, 6.45) is 5.33. The van der Waals surface area contributed by atoms with Gasteiger partial charge in [-0.3, -0.25) is 43.2 Å². The fourth-order valence-corrected chi connectivity index (χ4v) is 11.8. The Morgan fingerprint density at radius 1 is 0.765 bits per heavy atom. The summed E-state index contributed by atoms with van der Waals surface area (Å²) in [6, 6.07) is 16.2. The molecule has 4 aromatic rings. The number of nitrogens with two attached hydrogens (primary N) is 2. The molecule has 462 valence electrons. The van der Waals surface area contributed by atoms with E-state index in [0.717, 1.165) is 43.7 Å². The number of thioether (sulfide) groups is 2. The number of unbranched alkanes of at least 4 members (excludes halogenated alkanes) is 1. The van der Waals surface area contributed by atoms with E-state index in [-0.39, 0.29) is 43.8 Å². The standard InChI is InChI=1S/C61H86N11O10PS2/c1-7-51(74)50-20-14-26-72(50)59(81)48(30-40-15-9-8-10-16-40)68-54(77)35-71(6)60(82)55(61(3,4)38-73)69-56(78)39(2)65-58(80)47(31-43-34-70(5)49-22-21-44(83)32-45(43)49)67-53(76)33-64-57(79)46(19-11-12-24-62)66-52(75)23-27-84-36-41-17-13-18-42(29-41)37-85-28-25-63/h8-10,13,15-18,21-22,29,32,34,38-39,46-48,50,55H,7,11-12,14,19-20,23-28,30-31,33,35-37,62-63,83H2,1-6H3,(H,64,79)(H,65,80)(H,66,75)(H,67,76)(H,68,77)(H,69,78)/t39-,46-,47-,48-,50?,55+/m0/s1. The molecule has 1 fully saturated rings. The summed E-state index contributed by atoms with van der Waals surface area (Å²) >= 11 is 3.37. The second-order valence-corrected chi connectivity index (χ2v) is 25.0. The van der Waals surface area contributed by atoms with Crippen molar-refractivity contribution in [2.24, 2.45) is 23.9 Å². The molecule has 1 aliphatic heterocycles. The lowest BCUT2D eigenvalue weighted by Crippen LogP contribution is -2.61. The Bertz CT molecular complexity index is 2960. The maximum atomic E-state index is 14.4. The topological polar surface area (TPSA) is 306 Å². The van der Waals surface area contributed by atoms with Crippen molar-refractivity contribution in [2.45, 2.75) is 133 Å². The van der Waals surface area contributed by atoms with Gasteiger partial charge < -0.3 is 62.5 Å². The molecule has 2 heterocycles. The molecule has 8 amide bonds. The first-order chi connectivity index (χ1) is 40.6. The number of hydrogen-bond donors (Lipinski definition) is 8. The fourth-order valence-electron chi connectivity index (χ4n) is 9.97. The number of carbonyl (C=O) groups is 10. The zero-order valence-electron chi connectivity index (χ0n) is 49.7. The van der Waals surface area contributed by atoms with E-state index in [9.17, 15) is 47.9 Å². The van der Waals surface area contributed by atoms with Crippen LogP contribution in [0.1, 0.15) is 94.9 Å². The highest BCUT2D eigenvalue weighted by Crippen LogP contribution is 2.25. The zero-order chi connectivity index (χ0) is 62.2. The molecule has 2 unspecified atom stereocenters. The van der Waals surface area contributed by atoms with Crippen LogP contribution in [-0.4, -0.2) is 161 Å². The van der Waals surface area contributed by atoms with Crippen LogP contribution >= 0.6 is 32.8 Å². The number of hydrogen-bond acceptors (Lipinski definition) is 14. The van der Waals surface area contributed by atoms with Crippen molar-refractivity contribution in [1.82, 2.24) is 46.3 Å². The average molecular weight is 1230 g/mol.